The number of aliphatic imine (C=N–C) groups is 1. The minimum absolute atomic E-state index is 0.288. The van der Waals surface area contributed by atoms with Gasteiger partial charge in [-0.15, -0.1) is 0 Å². The number of sulfonamides is 1. The molecule has 0 amide bonds. The van der Waals surface area contributed by atoms with Crippen LogP contribution in [0, 0.1) is 6.92 Å². The highest BCUT2D eigenvalue weighted by molar-refractivity contribution is 7.89. The molecule has 5 rings (SSSR count). The van der Waals surface area contributed by atoms with Crippen LogP contribution in [0.5, 0.6) is 0 Å². The molecule has 2 saturated heterocycles. The largest absolute Gasteiger partial charge is 0.379 e. The molecule has 1 aromatic heterocycles. The Balaban J connectivity index is 1.47. The molecule has 3 heterocycles. The predicted molar refractivity (Wildman–Crippen MR) is 139 cm³/mol. The van der Waals surface area contributed by atoms with E-state index in [9.17, 15) is 8.42 Å². The summed E-state index contributed by atoms with van der Waals surface area (Å²) in [5.74, 6) is 0. The zero-order valence-corrected chi connectivity index (χ0v) is 21.2. The van der Waals surface area contributed by atoms with E-state index in [2.05, 4.69) is 9.89 Å². The van der Waals surface area contributed by atoms with Crippen molar-refractivity contribution >= 4 is 38.4 Å². The van der Waals surface area contributed by atoms with Crippen LogP contribution in [0.25, 0.3) is 11.3 Å². The van der Waals surface area contributed by atoms with Crippen LogP contribution >= 0.6 is 11.3 Å². The highest BCUT2D eigenvalue weighted by Crippen LogP contribution is 2.33. The summed E-state index contributed by atoms with van der Waals surface area (Å²) >= 11 is 1.59. The van der Waals surface area contributed by atoms with Gasteiger partial charge in [-0.25, -0.2) is 13.4 Å². The molecule has 3 aromatic rings. The van der Waals surface area contributed by atoms with Gasteiger partial charge >= 0.3 is 0 Å². The van der Waals surface area contributed by atoms with Crippen molar-refractivity contribution < 1.29 is 17.9 Å². The van der Waals surface area contributed by atoms with Crippen molar-refractivity contribution in [1.29, 1.82) is 0 Å². The van der Waals surface area contributed by atoms with E-state index in [0.29, 0.717) is 50.8 Å². The maximum absolute atomic E-state index is 13.2. The first-order valence-corrected chi connectivity index (χ1v) is 13.9. The second-order valence-corrected chi connectivity index (χ2v) is 11.3. The SMILES string of the molecule is Cc1ccc(N=Cc2sc(N3CCOCC3)nc2-c2ccccc2)cc1S(=O)(=O)N1CCOCC1. The van der Waals surface area contributed by atoms with Gasteiger partial charge in [0.1, 0.15) is 0 Å². The number of nitrogens with zero attached hydrogens (tertiary/aromatic N) is 4. The molecule has 2 aromatic carbocycles. The van der Waals surface area contributed by atoms with E-state index in [1.165, 1.54) is 4.31 Å². The number of benzene rings is 2. The highest BCUT2D eigenvalue weighted by atomic mass is 32.2. The molecule has 35 heavy (non-hydrogen) atoms. The fourth-order valence-corrected chi connectivity index (χ4v) is 6.77. The lowest BCUT2D eigenvalue weighted by Crippen LogP contribution is -2.40. The van der Waals surface area contributed by atoms with Gasteiger partial charge in [0.05, 0.1) is 47.6 Å². The Morgan fingerprint density at radius 2 is 1.66 bits per heavy atom. The van der Waals surface area contributed by atoms with Crippen molar-refractivity contribution in [2.75, 3.05) is 57.5 Å². The highest BCUT2D eigenvalue weighted by Gasteiger charge is 2.28. The second-order valence-electron chi connectivity index (χ2n) is 8.40. The number of aryl methyl sites for hydroxylation is 1. The van der Waals surface area contributed by atoms with Gasteiger partial charge in [-0.05, 0) is 24.6 Å². The molecule has 2 fully saturated rings. The smallest absolute Gasteiger partial charge is 0.243 e. The van der Waals surface area contributed by atoms with E-state index >= 15 is 0 Å². The Morgan fingerprint density at radius 1 is 0.971 bits per heavy atom. The lowest BCUT2D eigenvalue weighted by molar-refractivity contribution is 0.0730. The summed E-state index contributed by atoms with van der Waals surface area (Å²) in [4.78, 5) is 13.1. The third-order valence-corrected chi connectivity index (χ3v) is 9.15. The fraction of sp³-hybridized carbons (Fsp3) is 0.360. The number of thiazole rings is 1. The molecule has 2 aliphatic heterocycles. The standard InChI is InChI=1S/C25H28N4O4S2/c1-19-7-8-21(17-23(19)35(30,31)29-11-15-33-16-12-29)26-18-22-24(20-5-3-2-4-6-20)27-25(34-22)28-9-13-32-14-10-28/h2-8,17-18H,9-16H2,1H3. The molecule has 0 aliphatic carbocycles. The Bertz CT molecular complexity index is 1300. The zero-order valence-electron chi connectivity index (χ0n) is 19.6. The van der Waals surface area contributed by atoms with Crippen LogP contribution < -0.4 is 4.90 Å². The van der Waals surface area contributed by atoms with Crippen LogP contribution in [-0.2, 0) is 19.5 Å². The van der Waals surface area contributed by atoms with Crippen LogP contribution in [-0.4, -0.2) is 76.5 Å². The van der Waals surface area contributed by atoms with E-state index < -0.39 is 10.0 Å². The molecule has 0 saturated carbocycles. The van der Waals surface area contributed by atoms with Gasteiger partial charge in [-0.3, -0.25) is 4.99 Å². The molecule has 0 N–H and O–H groups in total. The molecule has 0 unspecified atom stereocenters. The number of hydrogen-bond acceptors (Lipinski definition) is 8. The number of hydrogen-bond donors (Lipinski definition) is 0. The van der Waals surface area contributed by atoms with Crippen molar-refractivity contribution in [3.8, 4) is 11.3 Å². The van der Waals surface area contributed by atoms with Gasteiger partial charge in [0.15, 0.2) is 5.13 Å². The molecule has 0 atom stereocenters. The van der Waals surface area contributed by atoms with Crippen LogP contribution in [0.4, 0.5) is 10.8 Å². The Labute approximate surface area is 209 Å². The van der Waals surface area contributed by atoms with Crippen molar-refractivity contribution in [3.63, 3.8) is 0 Å². The third-order valence-electron chi connectivity index (χ3n) is 6.06. The van der Waals surface area contributed by atoms with Gasteiger partial charge in [-0.1, -0.05) is 47.7 Å². The van der Waals surface area contributed by atoms with Crippen LogP contribution in [0.2, 0.25) is 0 Å². The maximum Gasteiger partial charge on any atom is 0.243 e. The molecule has 8 nitrogen and oxygen atoms in total. The van der Waals surface area contributed by atoms with Gasteiger partial charge in [-0.2, -0.15) is 4.31 Å². The summed E-state index contributed by atoms with van der Waals surface area (Å²) in [6.07, 6.45) is 1.79. The van der Waals surface area contributed by atoms with Crippen molar-refractivity contribution in [1.82, 2.24) is 9.29 Å². The Morgan fingerprint density at radius 3 is 2.37 bits per heavy atom. The van der Waals surface area contributed by atoms with E-state index in [-0.39, 0.29) is 4.90 Å². The Kier molecular flexibility index (Phi) is 7.26. The second kappa shape index (κ2) is 10.5. The summed E-state index contributed by atoms with van der Waals surface area (Å²) < 4.78 is 38.8. The minimum atomic E-state index is -3.61. The first-order chi connectivity index (χ1) is 17.0. The number of aromatic nitrogens is 1. The van der Waals surface area contributed by atoms with Crippen LogP contribution in [0.1, 0.15) is 10.4 Å². The lowest BCUT2D eigenvalue weighted by Gasteiger charge is -2.26. The first-order valence-electron chi connectivity index (χ1n) is 11.6. The molecule has 184 valence electrons. The Hall–Kier alpha value is -2.63. The van der Waals surface area contributed by atoms with E-state index in [1.807, 2.05) is 49.4 Å². The van der Waals surface area contributed by atoms with Crippen LogP contribution in [0.15, 0.2) is 58.4 Å². The summed E-state index contributed by atoms with van der Waals surface area (Å²) in [6.45, 7) is 6.34. The molecular weight excluding hydrogens is 484 g/mol. The van der Waals surface area contributed by atoms with Crippen molar-refractivity contribution in [3.05, 3.63) is 59.0 Å². The first kappa shape index (κ1) is 24.1. The molecule has 0 bridgehead atoms. The molecular formula is C25H28N4O4S2. The van der Waals surface area contributed by atoms with E-state index in [0.717, 1.165) is 34.4 Å². The number of rotatable bonds is 6. The monoisotopic (exact) mass is 512 g/mol. The quantitative estimate of drug-likeness (QED) is 0.468. The summed E-state index contributed by atoms with van der Waals surface area (Å²) in [7, 11) is -3.61. The average molecular weight is 513 g/mol. The number of morpholine rings is 2. The summed E-state index contributed by atoms with van der Waals surface area (Å²) in [5, 5.41) is 0.938. The van der Waals surface area contributed by atoms with Gasteiger partial charge in [0, 0.05) is 38.0 Å². The van der Waals surface area contributed by atoms with Crippen molar-refractivity contribution in [2.24, 2.45) is 4.99 Å². The average Bonchev–Trinajstić information content (AvgIpc) is 3.34. The number of ether oxygens (including phenoxy) is 2. The molecule has 0 radical (unpaired) electrons. The summed E-state index contributed by atoms with van der Waals surface area (Å²) in [6, 6.07) is 15.3. The fourth-order valence-electron chi connectivity index (χ4n) is 4.11. The van der Waals surface area contributed by atoms with Crippen molar-refractivity contribution in [2.45, 2.75) is 11.8 Å². The topological polar surface area (TPSA) is 84.3 Å². The van der Waals surface area contributed by atoms with E-state index in [4.69, 9.17) is 14.5 Å². The van der Waals surface area contributed by atoms with Gasteiger partial charge < -0.3 is 14.4 Å². The van der Waals surface area contributed by atoms with E-state index in [1.54, 1.807) is 23.6 Å². The van der Waals surface area contributed by atoms with Gasteiger partial charge in [0.2, 0.25) is 10.0 Å². The summed E-state index contributed by atoms with van der Waals surface area (Å²) in [5.41, 5.74) is 3.17. The predicted octanol–water partition coefficient (Wildman–Crippen LogP) is 3.73. The van der Waals surface area contributed by atoms with Crippen LogP contribution in [0.3, 0.4) is 0 Å². The number of anilines is 1. The minimum Gasteiger partial charge on any atom is -0.379 e. The molecule has 0 spiro atoms. The molecule has 10 heteroatoms. The maximum atomic E-state index is 13.2. The van der Waals surface area contributed by atoms with Gasteiger partial charge in [0.25, 0.3) is 0 Å². The zero-order chi connectivity index (χ0) is 24.3. The third kappa shape index (κ3) is 5.31. The normalized spacial score (nSPS) is 17.8. The lowest BCUT2D eigenvalue weighted by atomic mass is 10.1. The molecule has 2 aliphatic rings.